The largest absolute Gasteiger partial charge is 0.497 e. The lowest BCUT2D eigenvalue weighted by Gasteiger charge is -2.27. The Morgan fingerprint density at radius 2 is 1.77 bits per heavy atom. The van der Waals surface area contributed by atoms with Gasteiger partial charge in [0, 0.05) is 12.6 Å². The average molecular weight is 432 g/mol. The quantitative estimate of drug-likeness (QED) is 0.621. The predicted molar refractivity (Wildman–Crippen MR) is 115 cm³/mol. The van der Waals surface area contributed by atoms with Crippen molar-refractivity contribution in [2.45, 2.75) is 36.7 Å². The molecule has 6 nitrogen and oxygen atoms in total. The minimum atomic E-state index is -3.42. The van der Waals surface area contributed by atoms with Gasteiger partial charge in [-0.15, -0.1) is 0 Å². The van der Waals surface area contributed by atoms with Gasteiger partial charge in [0.2, 0.25) is 0 Å². The predicted octanol–water partition coefficient (Wildman–Crippen LogP) is 3.86. The van der Waals surface area contributed by atoms with Crippen molar-refractivity contribution in [2.24, 2.45) is 0 Å². The van der Waals surface area contributed by atoms with E-state index in [1.54, 1.807) is 25.3 Å². The first kappa shape index (κ1) is 21.0. The molecule has 2 aromatic rings. The Kier molecular flexibility index (Phi) is 6.49. The van der Waals surface area contributed by atoms with Gasteiger partial charge in [-0.05, 0) is 62.2 Å². The van der Waals surface area contributed by atoms with Gasteiger partial charge in [0.15, 0.2) is 9.84 Å². The molecule has 1 saturated heterocycles. The van der Waals surface area contributed by atoms with E-state index in [9.17, 15) is 8.42 Å². The maximum absolute atomic E-state index is 12.7. The van der Waals surface area contributed by atoms with Gasteiger partial charge in [-0.1, -0.05) is 18.6 Å². The fourth-order valence-electron chi connectivity index (χ4n) is 4.04. The van der Waals surface area contributed by atoms with Gasteiger partial charge in [0.25, 0.3) is 0 Å². The van der Waals surface area contributed by atoms with Crippen LogP contribution in [0.25, 0.3) is 0 Å². The highest BCUT2D eigenvalue weighted by molar-refractivity contribution is 7.91. The molecule has 2 aromatic carbocycles. The number of rotatable bonds is 7. The Balaban J connectivity index is 1.35. The summed E-state index contributed by atoms with van der Waals surface area (Å²) < 4.78 is 42.4. The summed E-state index contributed by atoms with van der Waals surface area (Å²) >= 11 is 0. The number of methoxy groups -OCH3 is 1. The van der Waals surface area contributed by atoms with Crippen molar-refractivity contribution in [3.05, 3.63) is 48.0 Å². The van der Waals surface area contributed by atoms with Gasteiger partial charge >= 0.3 is 0 Å². The lowest BCUT2D eigenvalue weighted by atomic mass is 10.1. The third kappa shape index (κ3) is 4.90. The molecule has 2 aliphatic heterocycles. The van der Waals surface area contributed by atoms with Crippen molar-refractivity contribution < 1.29 is 22.6 Å². The minimum absolute atomic E-state index is 0.0810. The number of ether oxygens (including phenoxy) is 3. The zero-order valence-corrected chi connectivity index (χ0v) is 18.2. The maximum atomic E-state index is 12.7. The second-order valence-corrected chi connectivity index (χ2v) is 9.88. The van der Waals surface area contributed by atoms with Crippen LogP contribution in [0.1, 0.15) is 37.4 Å². The number of nitrogens with zero attached hydrogens (tertiary/aromatic N) is 1. The molecule has 2 heterocycles. The maximum Gasteiger partial charge on any atom is 0.186 e. The molecule has 1 fully saturated rings. The van der Waals surface area contributed by atoms with Crippen molar-refractivity contribution in [3.63, 3.8) is 0 Å². The molecule has 2 aliphatic rings. The zero-order chi connectivity index (χ0) is 21.0. The van der Waals surface area contributed by atoms with E-state index in [4.69, 9.17) is 14.2 Å². The second-order valence-electron chi connectivity index (χ2n) is 7.87. The number of piperidine rings is 1. The van der Waals surface area contributed by atoms with Crippen LogP contribution in [0.4, 0.5) is 0 Å². The molecule has 7 heteroatoms. The van der Waals surface area contributed by atoms with Crippen LogP contribution in [0.15, 0.2) is 47.4 Å². The van der Waals surface area contributed by atoms with E-state index < -0.39 is 15.9 Å². The summed E-state index contributed by atoms with van der Waals surface area (Å²) in [7, 11) is -1.88. The molecule has 0 bridgehead atoms. The van der Waals surface area contributed by atoms with E-state index in [1.165, 1.54) is 32.4 Å². The summed E-state index contributed by atoms with van der Waals surface area (Å²) in [6, 6.07) is 12.3. The molecule has 0 amide bonds. The normalized spacial score (nSPS) is 20.8. The minimum Gasteiger partial charge on any atom is -0.497 e. The first-order chi connectivity index (χ1) is 14.5. The van der Waals surface area contributed by atoms with Crippen LogP contribution in [-0.2, 0) is 9.84 Å². The van der Waals surface area contributed by atoms with Crippen molar-refractivity contribution >= 4 is 9.84 Å². The van der Waals surface area contributed by atoms with E-state index in [0.717, 1.165) is 24.3 Å². The Bertz CT molecular complexity index is 952. The second kappa shape index (κ2) is 9.27. The van der Waals surface area contributed by atoms with Crippen LogP contribution in [0.2, 0.25) is 0 Å². The van der Waals surface area contributed by atoms with Crippen LogP contribution < -0.4 is 14.2 Å². The molecule has 0 radical (unpaired) electrons. The van der Waals surface area contributed by atoms with Crippen LogP contribution in [0.3, 0.4) is 0 Å². The van der Waals surface area contributed by atoms with Gasteiger partial charge in [0.05, 0.1) is 19.5 Å². The van der Waals surface area contributed by atoms with Crippen LogP contribution in [-0.4, -0.2) is 52.4 Å². The molecule has 0 aliphatic carbocycles. The molecule has 0 unspecified atom stereocenters. The zero-order valence-electron chi connectivity index (χ0n) is 17.4. The summed E-state index contributed by atoms with van der Waals surface area (Å²) in [5.74, 6) is 1.61. The summed E-state index contributed by atoms with van der Waals surface area (Å²) in [6.07, 6.45) is 4.41. The number of sulfone groups is 1. The molecule has 0 spiro atoms. The lowest BCUT2D eigenvalue weighted by Crippen LogP contribution is -2.31. The first-order valence-corrected chi connectivity index (χ1v) is 12.2. The van der Waals surface area contributed by atoms with Crippen LogP contribution in [0.5, 0.6) is 17.2 Å². The smallest absolute Gasteiger partial charge is 0.186 e. The summed E-state index contributed by atoms with van der Waals surface area (Å²) in [5, 5.41) is 0. The number of hydrogen-bond donors (Lipinski definition) is 0. The number of hydrogen-bond acceptors (Lipinski definition) is 6. The highest BCUT2D eigenvalue weighted by Gasteiger charge is 2.33. The van der Waals surface area contributed by atoms with Gasteiger partial charge in [0.1, 0.15) is 28.2 Å². The van der Waals surface area contributed by atoms with Gasteiger partial charge in [-0.3, -0.25) is 0 Å². The van der Waals surface area contributed by atoms with Gasteiger partial charge in [-0.25, -0.2) is 8.42 Å². The Morgan fingerprint density at radius 3 is 2.50 bits per heavy atom. The van der Waals surface area contributed by atoms with E-state index in [2.05, 4.69) is 4.90 Å². The number of benzene rings is 2. The Hall–Kier alpha value is -2.25. The van der Waals surface area contributed by atoms with Crippen molar-refractivity contribution in [3.8, 4) is 17.2 Å². The Labute approximate surface area is 178 Å². The Morgan fingerprint density at radius 1 is 1.03 bits per heavy atom. The SMILES string of the molecule is COc1ccc2c(c1)O[C@@H](c1ccc(OCCCN3CCCCC3)cc1)CS2(=O)=O. The highest BCUT2D eigenvalue weighted by atomic mass is 32.2. The monoisotopic (exact) mass is 431 g/mol. The fraction of sp³-hybridized carbons (Fsp3) is 0.478. The van der Waals surface area contributed by atoms with E-state index in [1.807, 2.05) is 24.3 Å². The van der Waals surface area contributed by atoms with Gasteiger partial charge < -0.3 is 19.1 Å². The molecule has 30 heavy (non-hydrogen) atoms. The van der Waals surface area contributed by atoms with E-state index in [0.29, 0.717) is 18.1 Å². The molecule has 0 N–H and O–H groups in total. The van der Waals surface area contributed by atoms with Gasteiger partial charge in [-0.2, -0.15) is 0 Å². The van der Waals surface area contributed by atoms with E-state index >= 15 is 0 Å². The molecule has 162 valence electrons. The topological polar surface area (TPSA) is 65.1 Å². The molecular formula is C23H29NO5S. The fourth-order valence-corrected chi connectivity index (χ4v) is 5.57. The standard InChI is InChI=1S/C23H29NO5S/c1-27-20-10-11-23-21(16-20)29-22(17-30(23,25)26)18-6-8-19(9-7-18)28-15-5-14-24-12-3-2-4-13-24/h6-11,16,22H,2-5,12-15,17H2,1H3/t22-/m1/s1. The summed E-state index contributed by atoms with van der Waals surface area (Å²) in [6.45, 7) is 4.16. The van der Waals surface area contributed by atoms with E-state index in [-0.39, 0.29) is 10.6 Å². The van der Waals surface area contributed by atoms with Crippen LogP contribution in [0, 0.1) is 0 Å². The summed E-state index contributed by atoms with van der Waals surface area (Å²) in [4.78, 5) is 2.72. The third-order valence-corrected chi connectivity index (χ3v) is 7.46. The van der Waals surface area contributed by atoms with Crippen molar-refractivity contribution in [2.75, 3.05) is 39.1 Å². The number of fused-ring (bicyclic) bond motifs is 1. The van der Waals surface area contributed by atoms with Crippen LogP contribution >= 0.6 is 0 Å². The van der Waals surface area contributed by atoms with Crippen molar-refractivity contribution in [1.29, 1.82) is 0 Å². The summed E-state index contributed by atoms with van der Waals surface area (Å²) in [5.41, 5.74) is 0.813. The molecular weight excluding hydrogens is 402 g/mol. The lowest BCUT2D eigenvalue weighted by molar-refractivity contribution is 0.204. The molecule has 1 atom stereocenters. The van der Waals surface area contributed by atoms with Crippen molar-refractivity contribution in [1.82, 2.24) is 4.90 Å². The average Bonchev–Trinajstić information content (AvgIpc) is 2.77. The molecule has 0 saturated carbocycles. The highest BCUT2D eigenvalue weighted by Crippen LogP contribution is 2.39. The third-order valence-electron chi connectivity index (χ3n) is 5.71. The number of likely N-dealkylation sites (tertiary alicyclic amines) is 1. The molecule has 0 aromatic heterocycles. The first-order valence-electron chi connectivity index (χ1n) is 10.6. The molecule has 4 rings (SSSR count).